The summed E-state index contributed by atoms with van der Waals surface area (Å²) in [5.41, 5.74) is 0.886. The van der Waals surface area contributed by atoms with Crippen LogP contribution in [0.15, 0.2) is 4.52 Å². The normalized spacial score (nSPS) is 17.8. The highest BCUT2D eigenvalue weighted by molar-refractivity contribution is 5.29. The molecule has 0 saturated carbocycles. The van der Waals surface area contributed by atoms with Crippen LogP contribution >= 0.6 is 0 Å². The molecule has 1 aliphatic heterocycles. The SMILES string of the molecule is CC(C)N1CCc2c(O)noc2C1. The van der Waals surface area contributed by atoms with Crippen LogP contribution in [-0.4, -0.2) is 27.7 Å². The van der Waals surface area contributed by atoms with Crippen LogP contribution in [0.2, 0.25) is 0 Å². The van der Waals surface area contributed by atoms with Crippen molar-refractivity contribution in [3.05, 3.63) is 11.3 Å². The van der Waals surface area contributed by atoms with Gasteiger partial charge in [0.25, 0.3) is 5.88 Å². The van der Waals surface area contributed by atoms with Gasteiger partial charge in [0.15, 0.2) is 5.76 Å². The molecule has 72 valence electrons. The lowest BCUT2D eigenvalue weighted by Gasteiger charge is -2.28. The molecule has 0 aromatic carbocycles. The average Bonchev–Trinajstić information content (AvgIpc) is 2.47. The molecule has 2 rings (SSSR count). The largest absolute Gasteiger partial charge is 0.491 e. The molecule has 0 spiro atoms. The minimum Gasteiger partial charge on any atom is -0.491 e. The number of fused-ring (bicyclic) bond motifs is 1. The first-order chi connectivity index (χ1) is 6.18. The van der Waals surface area contributed by atoms with E-state index in [1.54, 1.807) is 0 Å². The van der Waals surface area contributed by atoms with Crippen molar-refractivity contribution in [1.29, 1.82) is 0 Å². The molecule has 2 heterocycles. The molecule has 0 fully saturated rings. The second kappa shape index (κ2) is 3.03. The van der Waals surface area contributed by atoms with Crippen molar-refractivity contribution in [3.63, 3.8) is 0 Å². The fraction of sp³-hybridized carbons (Fsp3) is 0.667. The number of aromatic hydroxyl groups is 1. The lowest BCUT2D eigenvalue weighted by atomic mass is 10.1. The summed E-state index contributed by atoms with van der Waals surface area (Å²) in [5, 5.41) is 12.8. The highest BCUT2D eigenvalue weighted by Gasteiger charge is 2.24. The van der Waals surface area contributed by atoms with E-state index >= 15 is 0 Å². The van der Waals surface area contributed by atoms with Gasteiger partial charge in [0.2, 0.25) is 0 Å². The van der Waals surface area contributed by atoms with Crippen LogP contribution in [0.1, 0.15) is 25.2 Å². The van der Waals surface area contributed by atoms with Crippen molar-refractivity contribution in [2.24, 2.45) is 0 Å². The Bertz CT molecular complexity index is 307. The van der Waals surface area contributed by atoms with Gasteiger partial charge in [0.05, 0.1) is 12.1 Å². The maximum Gasteiger partial charge on any atom is 0.255 e. The standard InChI is InChI=1S/C9H14N2O2/c1-6(2)11-4-3-7-8(5-11)13-10-9(7)12/h6H,3-5H2,1-2H3,(H,10,12). The van der Waals surface area contributed by atoms with E-state index in [0.717, 1.165) is 30.8 Å². The maximum absolute atomic E-state index is 9.30. The lowest BCUT2D eigenvalue weighted by molar-refractivity contribution is 0.177. The Morgan fingerprint density at radius 1 is 1.54 bits per heavy atom. The lowest BCUT2D eigenvalue weighted by Crippen LogP contribution is -2.35. The molecule has 0 unspecified atom stereocenters. The second-order valence-corrected chi connectivity index (χ2v) is 3.72. The van der Waals surface area contributed by atoms with Gasteiger partial charge in [-0.05, 0) is 25.4 Å². The second-order valence-electron chi connectivity index (χ2n) is 3.72. The van der Waals surface area contributed by atoms with Crippen molar-refractivity contribution in [3.8, 4) is 5.88 Å². The van der Waals surface area contributed by atoms with Crippen LogP contribution in [0.3, 0.4) is 0 Å². The van der Waals surface area contributed by atoms with Gasteiger partial charge in [0.1, 0.15) is 0 Å². The number of hydrogen-bond donors (Lipinski definition) is 1. The van der Waals surface area contributed by atoms with E-state index in [0.29, 0.717) is 6.04 Å². The van der Waals surface area contributed by atoms with Gasteiger partial charge in [-0.25, -0.2) is 0 Å². The van der Waals surface area contributed by atoms with Crippen molar-refractivity contribution < 1.29 is 9.63 Å². The molecule has 1 aromatic heterocycles. The molecule has 0 atom stereocenters. The van der Waals surface area contributed by atoms with Crippen molar-refractivity contribution in [2.75, 3.05) is 6.54 Å². The van der Waals surface area contributed by atoms with Gasteiger partial charge in [0, 0.05) is 12.6 Å². The zero-order valence-electron chi connectivity index (χ0n) is 7.95. The molecular weight excluding hydrogens is 168 g/mol. The fourth-order valence-electron chi connectivity index (χ4n) is 1.67. The summed E-state index contributed by atoms with van der Waals surface area (Å²) in [7, 11) is 0. The number of rotatable bonds is 1. The Kier molecular flexibility index (Phi) is 2.00. The predicted molar refractivity (Wildman–Crippen MR) is 47.4 cm³/mol. The average molecular weight is 182 g/mol. The quantitative estimate of drug-likeness (QED) is 0.707. The molecule has 1 N–H and O–H groups in total. The summed E-state index contributed by atoms with van der Waals surface area (Å²) in [6, 6.07) is 0.514. The zero-order valence-corrected chi connectivity index (χ0v) is 7.95. The third kappa shape index (κ3) is 1.42. The van der Waals surface area contributed by atoms with Crippen LogP contribution in [0.4, 0.5) is 0 Å². The van der Waals surface area contributed by atoms with E-state index in [-0.39, 0.29) is 5.88 Å². The molecule has 4 nitrogen and oxygen atoms in total. The molecule has 0 bridgehead atoms. The fourth-order valence-corrected chi connectivity index (χ4v) is 1.67. The third-order valence-electron chi connectivity index (χ3n) is 2.57. The van der Waals surface area contributed by atoms with Crippen molar-refractivity contribution in [2.45, 2.75) is 32.9 Å². The van der Waals surface area contributed by atoms with Gasteiger partial charge in [-0.2, -0.15) is 0 Å². The molecule has 4 heteroatoms. The van der Waals surface area contributed by atoms with E-state index in [4.69, 9.17) is 4.52 Å². The number of aromatic nitrogens is 1. The van der Waals surface area contributed by atoms with Gasteiger partial charge in [-0.3, -0.25) is 4.90 Å². The van der Waals surface area contributed by atoms with Crippen LogP contribution < -0.4 is 0 Å². The summed E-state index contributed by atoms with van der Waals surface area (Å²) < 4.78 is 5.03. The van der Waals surface area contributed by atoms with Crippen LogP contribution in [0, 0.1) is 0 Å². The zero-order chi connectivity index (χ0) is 9.42. The summed E-state index contributed by atoms with van der Waals surface area (Å²) in [5.74, 6) is 0.885. The summed E-state index contributed by atoms with van der Waals surface area (Å²) >= 11 is 0. The number of nitrogens with zero attached hydrogens (tertiary/aromatic N) is 2. The van der Waals surface area contributed by atoms with E-state index in [9.17, 15) is 5.11 Å². The van der Waals surface area contributed by atoms with Gasteiger partial charge >= 0.3 is 0 Å². The Balaban J connectivity index is 2.21. The molecule has 1 aromatic rings. The highest BCUT2D eigenvalue weighted by atomic mass is 16.5. The van der Waals surface area contributed by atoms with E-state index < -0.39 is 0 Å². The molecule has 0 amide bonds. The van der Waals surface area contributed by atoms with Crippen LogP contribution in [0.5, 0.6) is 5.88 Å². The van der Waals surface area contributed by atoms with Crippen LogP contribution in [-0.2, 0) is 13.0 Å². The van der Waals surface area contributed by atoms with Gasteiger partial charge in [-0.1, -0.05) is 0 Å². The smallest absolute Gasteiger partial charge is 0.255 e. The minimum atomic E-state index is 0.0680. The Morgan fingerprint density at radius 3 is 3.00 bits per heavy atom. The van der Waals surface area contributed by atoms with Gasteiger partial charge < -0.3 is 9.63 Å². The topological polar surface area (TPSA) is 49.5 Å². The molecular formula is C9H14N2O2. The van der Waals surface area contributed by atoms with E-state index in [1.165, 1.54) is 0 Å². The monoisotopic (exact) mass is 182 g/mol. The summed E-state index contributed by atoms with van der Waals surface area (Å²) in [6.45, 7) is 6.04. The first-order valence-electron chi connectivity index (χ1n) is 4.59. The number of hydrogen-bond acceptors (Lipinski definition) is 4. The molecule has 0 aliphatic carbocycles. The Labute approximate surface area is 77.1 Å². The molecule has 1 aliphatic rings. The Morgan fingerprint density at radius 2 is 2.31 bits per heavy atom. The van der Waals surface area contributed by atoms with E-state index in [1.807, 2.05) is 0 Å². The highest BCUT2D eigenvalue weighted by Crippen LogP contribution is 2.26. The molecule has 0 saturated heterocycles. The van der Waals surface area contributed by atoms with Crippen molar-refractivity contribution in [1.82, 2.24) is 10.1 Å². The van der Waals surface area contributed by atoms with Gasteiger partial charge in [-0.15, -0.1) is 0 Å². The predicted octanol–water partition coefficient (Wildman–Crippen LogP) is 1.15. The summed E-state index contributed by atoms with van der Waals surface area (Å²) in [4.78, 5) is 2.30. The van der Waals surface area contributed by atoms with E-state index in [2.05, 4.69) is 23.9 Å². The third-order valence-corrected chi connectivity index (χ3v) is 2.57. The van der Waals surface area contributed by atoms with Crippen molar-refractivity contribution >= 4 is 0 Å². The maximum atomic E-state index is 9.30. The first-order valence-corrected chi connectivity index (χ1v) is 4.59. The molecule has 13 heavy (non-hydrogen) atoms. The Hall–Kier alpha value is -1.03. The van der Waals surface area contributed by atoms with Crippen LogP contribution in [0.25, 0.3) is 0 Å². The molecule has 0 radical (unpaired) electrons. The summed E-state index contributed by atoms with van der Waals surface area (Å²) in [6.07, 6.45) is 0.836. The minimum absolute atomic E-state index is 0.0680. The first kappa shape index (κ1) is 8.56.